The molecule has 0 fully saturated rings. The molecule has 0 aliphatic carbocycles. The van der Waals surface area contributed by atoms with Crippen LogP contribution < -0.4 is 0 Å². The number of esters is 1. The summed E-state index contributed by atoms with van der Waals surface area (Å²) in [5.41, 5.74) is -1.93. The van der Waals surface area contributed by atoms with Crippen LogP contribution in [0.1, 0.15) is 5.56 Å². The summed E-state index contributed by atoms with van der Waals surface area (Å²) in [6, 6.07) is 2.80. The Hall–Kier alpha value is -1.80. The zero-order valence-corrected chi connectivity index (χ0v) is 12.5. The van der Waals surface area contributed by atoms with Gasteiger partial charge < -0.3 is 9.84 Å². The average molecular weight is 357 g/mol. The molecule has 0 heterocycles. The number of methoxy groups -OCH3 is 1. The first-order valence-corrected chi connectivity index (χ1v) is 6.46. The Kier molecular flexibility index (Phi) is 6.19. The number of benzene rings is 1. The summed E-state index contributed by atoms with van der Waals surface area (Å²) in [6.45, 7) is 0. The maximum atomic E-state index is 12.7. The second-order valence-corrected chi connectivity index (χ2v) is 4.46. The fraction of sp³-hybridized carbons (Fsp3) is 0.250. The van der Waals surface area contributed by atoms with Crippen molar-refractivity contribution < 1.29 is 27.8 Å². The van der Waals surface area contributed by atoms with E-state index in [2.05, 4.69) is 15.0 Å². The number of carbonyl (C=O) groups excluding carboxylic acids is 1. The molecule has 1 N–H and O–H groups in total. The molecule has 0 amide bonds. The van der Waals surface area contributed by atoms with E-state index in [1.807, 2.05) is 0 Å². The van der Waals surface area contributed by atoms with Gasteiger partial charge in [0.2, 0.25) is 5.70 Å². The number of halogens is 5. The highest BCUT2D eigenvalue weighted by Gasteiger charge is 2.33. The first-order valence-electron chi connectivity index (χ1n) is 5.55. The van der Waals surface area contributed by atoms with Gasteiger partial charge in [-0.1, -0.05) is 11.6 Å². The van der Waals surface area contributed by atoms with Crippen molar-refractivity contribution in [3.05, 3.63) is 40.2 Å². The van der Waals surface area contributed by atoms with Crippen molar-refractivity contribution >= 4 is 34.9 Å². The molecule has 0 aliphatic rings. The largest absolute Gasteiger partial charge is 0.508 e. The summed E-state index contributed by atoms with van der Waals surface area (Å²) >= 11 is 10.8. The molecule has 0 saturated carbocycles. The number of aliphatic hydroxyl groups excluding tert-OH is 1. The normalized spacial score (nSPS) is 13.2. The van der Waals surface area contributed by atoms with Gasteiger partial charge in [-0.25, -0.2) is 4.79 Å². The van der Waals surface area contributed by atoms with Crippen molar-refractivity contribution in [1.29, 1.82) is 0 Å². The van der Waals surface area contributed by atoms with Crippen molar-refractivity contribution in [2.24, 2.45) is 10.2 Å². The summed E-state index contributed by atoms with van der Waals surface area (Å²) in [5, 5.41) is 15.7. The predicted molar refractivity (Wildman–Crippen MR) is 73.4 cm³/mol. The van der Waals surface area contributed by atoms with E-state index in [1.54, 1.807) is 0 Å². The second kappa shape index (κ2) is 7.46. The number of azo groups is 1. The van der Waals surface area contributed by atoms with Gasteiger partial charge in [0.1, 0.15) is 5.76 Å². The van der Waals surface area contributed by atoms with Crippen LogP contribution in [0, 0.1) is 0 Å². The number of nitrogens with zero attached hydrogens (tertiary/aromatic N) is 2. The van der Waals surface area contributed by atoms with Crippen molar-refractivity contribution in [3.63, 3.8) is 0 Å². The Bertz CT molecular complexity index is 631. The van der Waals surface area contributed by atoms with Crippen LogP contribution in [0.3, 0.4) is 0 Å². The highest BCUT2D eigenvalue weighted by Crippen LogP contribution is 2.36. The second-order valence-electron chi connectivity index (χ2n) is 3.78. The first-order chi connectivity index (χ1) is 10.2. The third kappa shape index (κ3) is 4.60. The highest BCUT2D eigenvalue weighted by molar-refractivity contribution is 6.31. The van der Waals surface area contributed by atoms with E-state index in [1.165, 1.54) is 0 Å². The summed E-state index contributed by atoms with van der Waals surface area (Å²) < 4.78 is 42.4. The molecule has 22 heavy (non-hydrogen) atoms. The number of rotatable bonds is 4. The fourth-order valence-electron chi connectivity index (χ4n) is 1.28. The zero-order chi connectivity index (χ0) is 16.9. The third-order valence-corrected chi connectivity index (χ3v) is 2.88. The van der Waals surface area contributed by atoms with Crippen LogP contribution in [0.5, 0.6) is 0 Å². The lowest BCUT2D eigenvalue weighted by atomic mass is 10.2. The van der Waals surface area contributed by atoms with Gasteiger partial charge in [0, 0.05) is 0 Å². The summed E-state index contributed by atoms with van der Waals surface area (Å²) in [7, 11) is 1.03. The van der Waals surface area contributed by atoms with Crippen LogP contribution in [-0.4, -0.2) is 24.1 Å². The van der Waals surface area contributed by atoms with Crippen LogP contribution in [0.25, 0.3) is 0 Å². The molecule has 0 unspecified atom stereocenters. The van der Waals surface area contributed by atoms with Gasteiger partial charge in [0.15, 0.2) is 0 Å². The Morgan fingerprint density at radius 1 is 1.41 bits per heavy atom. The molecule has 120 valence electrons. The van der Waals surface area contributed by atoms with Crippen LogP contribution in [-0.2, 0) is 15.7 Å². The van der Waals surface area contributed by atoms with Gasteiger partial charge >= 0.3 is 12.1 Å². The molecule has 0 saturated heterocycles. The molecule has 0 aromatic heterocycles. The number of ether oxygens (including phenoxy) is 1. The van der Waals surface area contributed by atoms with E-state index in [-0.39, 0.29) is 5.69 Å². The van der Waals surface area contributed by atoms with Gasteiger partial charge in [-0.15, -0.1) is 16.7 Å². The highest BCUT2D eigenvalue weighted by atomic mass is 35.5. The molecular weight excluding hydrogens is 348 g/mol. The Labute approximate surface area is 133 Å². The van der Waals surface area contributed by atoms with E-state index < -0.39 is 40.1 Å². The van der Waals surface area contributed by atoms with E-state index >= 15 is 0 Å². The number of alkyl halides is 4. The molecule has 1 rings (SSSR count). The minimum Gasteiger partial charge on any atom is -0.508 e. The van der Waals surface area contributed by atoms with Gasteiger partial charge in [-0.2, -0.15) is 18.3 Å². The number of aliphatic hydroxyl groups is 1. The summed E-state index contributed by atoms with van der Waals surface area (Å²) in [6.07, 6.45) is -4.66. The van der Waals surface area contributed by atoms with Crippen LogP contribution in [0.4, 0.5) is 18.9 Å². The SMILES string of the molecule is COC(=O)/C(N=Nc1ccc(Cl)c(C(F)(F)F)c1)=C(\O)CCl. The lowest BCUT2D eigenvalue weighted by molar-refractivity contribution is -0.138. The monoisotopic (exact) mass is 356 g/mol. The minimum atomic E-state index is -4.66. The summed E-state index contributed by atoms with van der Waals surface area (Å²) in [4.78, 5) is 11.4. The Morgan fingerprint density at radius 3 is 2.55 bits per heavy atom. The topological polar surface area (TPSA) is 71.2 Å². The minimum absolute atomic E-state index is 0.222. The molecule has 0 bridgehead atoms. The van der Waals surface area contributed by atoms with Gasteiger partial charge in [-0.3, -0.25) is 0 Å². The predicted octanol–water partition coefficient (Wildman–Crippen LogP) is 4.62. The van der Waals surface area contributed by atoms with E-state index in [0.29, 0.717) is 6.07 Å². The van der Waals surface area contributed by atoms with Gasteiger partial charge in [0.05, 0.1) is 29.3 Å². The molecule has 0 atom stereocenters. The van der Waals surface area contributed by atoms with E-state index in [0.717, 1.165) is 19.2 Å². The molecular formula is C12H9Cl2F3N2O3. The molecule has 1 aromatic carbocycles. The average Bonchev–Trinajstić information content (AvgIpc) is 2.47. The van der Waals surface area contributed by atoms with Crippen molar-refractivity contribution in [2.75, 3.05) is 13.0 Å². The Balaban J connectivity index is 3.21. The lowest BCUT2D eigenvalue weighted by Crippen LogP contribution is -2.07. The molecule has 5 nitrogen and oxygen atoms in total. The maximum absolute atomic E-state index is 12.7. The van der Waals surface area contributed by atoms with Crippen molar-refractivity contribution in [2.45, 2.75) is 6.18 Å². The molecule has 1 aromatic rings. The van der Waals surface area contributed by atoms with Crippen LogP contribution >= 0.6 is 23.2 Å². The smallest absolute Gasteiger partial charge is 0.417 e. The van der Waals surface area contributed by atoms with Crippen molar-refractivity contribution in [3.8, 4) is 0 Å². The number of hydrogen-bond acceptors (Lipinski definition) is 5. The quantitative estimate of drug-likeness (QED) is 0.281. The lowest BCUT2D eigenvalue weighted by Gasteiger charge is -2.08. The molecule has 0 radical (unpaired) electrons. The standard InChI is InChI=1S/C12H9Cl2F3N2O3/c1-22-11(21)10(9(20)5-13)19-18-6-2-3-8(14)7(4-6)12(15,16)17/h2-4,20H,5H2,1H3/b10-9+,19-18?. The maximum Gasteiger partial charge on any atom is 0.417 e. The van der Waals surface area contributed by atoms with Crippen LogP contribution in [0.15, 0.2) is 39.9 Å². The van der Waals surface area contributed by atoms with Crippen molar-refractivity contribution in [1.82, 2.24) is 0 Å². The number of carbonyl (C=O) groups is 1. The number of allylic oxidation sites excluding steroid dienone is 1. The zero-order valence-electron chi connectivity index (χ0n) is 11.0. The summed E-state index contributed by atoms with van der Waals surface area (Å²) in [5.74, 6) is -2.10. The molecule has 0 spiro atoms. The van der Waals surface area contributed by atoms with E-state index in [9.17, 15) is 23.1 Å². The third-order valence-electron chi connectivity index (χ3n) is 2.30. The van der Waals surface area contributed by atoms with Gasteiger partial charge in [-0.05, 0) is 18.2 Å². The van der Waals surface area contributed by atoms with Gasteiger partial charge in [0.25, 0.3) is 0 Å². The number of hydrogen-bond donors (Lipinski definition) is 1. The Morgan fingerprint density at radius 2 is 2.05 bits per heavy atom. The van der Waals surface area contributed by atoms with Crippen LogP contribution in [0.2, 0.25) is 5.02 Å². The fourth-order valence-corrected chi connectivity index (χ4v) is 1.63. The molecule has 10 heteroatoms. The first kappa shape index (κ1) is 18.2. The van der Waals surface area contributed by atoms with E-state index in [4.69, 9.17) is 23.2 Å². The molecule has 0 aliphatic heterocycles.